The number of benzene rings is 2. The van der Waals surface area contributed by atoms with Gasteiger partial charge in [-0.1, -0.05) is 84.5 Å². The van der Waals surface area contributed by atoms with Crippen molar-refractivity contribution in [2.24, 2.45) is 0 Å². The lowest BCUT2D eigenvalue weighted by Crippen LogP contribution is -2.17. The van der Waals surface area contributed by atoms with Gasteiger partial charge in [0.05, 0.1) is 11.4 Å². The summed E-state index contributed by atoms with van der Waals surface area (Å²) in [5.41, 5.74) is 5.87. The van der Waals surface area contributed by atoms with Gasteiger partial charge in [0, 0.05) is 19.0 Å². The second-order valence-electron chi connectivity index (χ2n) is 7.37. The summed E-state index contributed by atoms with van der Waals surface area (Å²) in [5.74, 6) is 0.708. The van der Waals surface area contributed by atoms with Gasteiger partial charge in [0.2, 0.25) is 0 Å². The van der Waals surface area contributed by atoms with Crippen LogP contribution in [-0.2, 0) is 12.8 Å². The van der Waals surface area contributed by atoms with E-state index >= 15 is 0 Å². The molecule has 0 saturated carbocycles. The topological polar surface area (TPSA) is 50.7 Å². The third kappa shape index (κ3) is 3.45. The molecule has 0 unspecified atom stereocenters. The Morgan fingerprint density at radius 1 is 0.966 bits per heavy atom. The molecule has 0 saturated heterocycles. The highest BCUT2D eigenvalue weighted by atomic mass is 16.1. The predicted octanol–water partition coefficient (Wildman–Crippen LogP) is 4.69. The van der Waals surface area contributed by atoms with Gasteiger partial charge in [0.15, 0.2) is 5.82 Å². The number of fused-ring (bicyclic) bond motifs is 1. The van der Waals surface area contributed by atoms with Crippen LogP contribution in [0.3, 0.4) is 0 Å². The summed E-state index contributed by atoms with van der Waals surface area (Å²) in [6, 6.07) is 20.3. The Bertz CT molecular complexity index is 1230. The van der Waals surface area contributed by atoms with Crippen molar-refractivity contribution in [2.45, 2.75) is 19.3 Å². The zero-order valence-corrected chi connectivity index (χ0v) is 16.0. The fraction of sp³-hybridized carbons (Fsp3) is 0.120. The van der Waals surface area contributed by atoms with Crippen molar-refractivity contribution < 1.29 is 0 Å². The maximum atomic E-state index is 13.1. The van der Waals surface area contributed by atoms with Crippen molar-refractivity contribution in [3.63, 3.8) is 0 Å². The van der Waals surface area contributed by atoms with E-state index < -0.39 is 0 Å². The minimum atomic E-state index is -0.0340. The van der Waals surface area contributed by atoms with Gasteiger partial charge in [-0.2, -0.15) is 0 Å². The van der Waals surface area contributed by atoms with E-state index in [0.29, 0.717) is 24.4 Å². The number of nitrogens with zero attached hydrogens (tertiary/aromatic N) is 2. The summed E-state index contributed by atoms with van der Waals surface area (Å²) in [4.78, 5) is 21.4. The lowest BCUT2D eigenvalue weighted by Gasteiger charge is -2.13. The van der Waals surface area contributed by atoms with Crippen LogP contribution in [0.5, 0.6) is 0 Å². The summed E-state index contributed by atoms with van der Waals surface area (Å²) in [5, 5.41) is 0. The average molecular weight is 379 g/mol. The van der Waals surface area contributed by atoms with Gasteiger partial charge >= 0.3 is 0 Å². The first kappa shape index (κ1) is 17.4. The van der Waals surface area contributed by atoms with E-state index in [0.717, 1.165) is 23.4 Å². The Balaban J connectivity index is 1.64. The molecule has 4 nitrogen and oxygen atoms in total. The molecule has 142 valence electrons. The highest BCUT2D eigenvalue weighted by Gasteiger charge is 2.21. The molecule has 2 heterocycles. The van der Waals surface area contributed by atoms with Crippen LogP contribution in [0.4, 0.5) is 0 Å². The highest BCUT2D eigenvalue weighted by molar-refractivity contribution is 5.60. The number of hydrogen-bond donors (Lipinski definition) is 1. The Morgan fingerprint density at radius 2 is 1.72 bits per heavy atom. The lowest BCUT2D eigenvalue weighted by molar-refractivity contribution is 0.914. The van der Waals surface area contributed by atoms with E-state index in [9.17, 15) is 4.79 Å². The van der Waals surface area contributed by atoms with Crippen LogP contribution in [0.25, 0.3) is 17.1 Å². The maximum Gasteiger partial charge on any atom is 0.278 e. The zero-order chi connectivity index (χ0) is 19.6. The maximum absolute atomic E-state index is 13.1. The number of aromatic nitrogens is 3. The highest BCUT2D eigenvalue weighted by Crippen LogP contribution is 2.24. The molecule has 0 radical (unpaired) electrons. The van der Waals surface area contributed by atoms with Crippen molar-refractivity contribution in [1.29, 1.82) is 0 Å². The molecule has 2 aliphatic heterocycles. The van der Waals surface area contributed by atoms with Crippen molar-refractivity contribution in [1.82, 2.24) is 14.5 Å². The molecular weight excluding hydrogens is 358 g/mol. The molecule has 4 heteroatoms. The van der Waals surface area contributed by atoms with Crippen molar-refractivity contribution in [3.05, 3.63) is 118 Å². The molecule has 0 spiro atoms. The van der Waals surface area contributed by atoms with Crippen molar-refractivity contribution in [2.75, 3.05) is 0 Å². The Kier molecular flexibility index (Phi) is 4.45. The molecule has 0 fully saturated rings. The third-order valence-electron chi connectivity index (χ3n) is 5.30. The van der Waals surface area contributed by atoms with Crippen LogP contribution in [0.1, 0.15) is 23.4 Å². The second kappa shape index (κ2) is 7.40. The molecule has 3 aliphatic rings. The van der Waals surface area contributed by atoms with E-state index in [4.69, 9.17) is 4.98 Å². The molecular formula is C25H21N3O. The SMILES string of the molecule is O=c1c(CC2=CC=CC2)nc2c(Cc3ccccc3)[nH]c(-c3ccccc3)cn1-2. The third-order valence-corrected chi connectivity index (χ3v) is 5.30. The summed E-state index contributed by atoms with van der Waals surface area (Å²) in [6.45, 7) is 0. The quantitative estimate of drug-likeness (QED) is 0.547. The van der Waals surface area contributed by atoms with Crippen LogP contribution in [-0.4, -0.2) is 14.5 Å². The lowest BCUT2D eigenvalue weighted by atomic mass is 10.1. The van der Waals surface area contributed by atoms with E-state index in [2.05, 4.69) is 29.3 Å². The number of H-pyrrole nitrogens is 1. The molecule has 0 amide bonds. The van der Waals surface area contributed by atoms with Crippen LogP contribution >= 0.6 is 0 Å². The van der Waals surface area contributed by atoms with Gasteiger partial charge < -0.3 is 4.98 Å². The van der Waals surface area contributed by atoms with E-state index in [1.165, 1.54) is 11.1 Å². The van der Waals surface area contributed by atoms with Gasteiger partial charge in [-0.25, -0.2) is 4.98 Å². The summed E-state index contributed by atoms with van der Waals surface area (Å²) in [7, 11) is 0. The Hall–Kier alpha value is -3.66. The smallest absolute Gasteiger partial charge is 0.278 e. The largest absolute Gasteiger partial charge is 0.354 e. The van der Waals surface area contributed by atoms with Crippen LogP contribution < -0.4 is 5.56 Å². The predicted molar refractivity (Wildman–Crippen MR) is 116 cm³/mol. The van der Waals surface area contributed by atoms with Crippen molar-refractivity contribution >= 4 is 0 Å². The molecule has 0 atom stereocenters. The van der Waals surface area contributed by atoms with E-state index in [1.807, 2.05) is 60.8 Å². The van der Waals surface area contributed by atoms with E-state index in [1.54, 1.807) is 4.57 Å². The van der Waals surface area contributed by atoms with Gasteiger partial charge in [0.25, 0.3) is 5.56 Å². The van der Waals surface area contributed by atoms with Crippen LogP contribution in [0, 0.1) is 0 Å². The monoisotopic (exact) mass is 379 g/mol. The van der Waals surface area contributed by atoms with E-state index in [-0.39, 0.29) is 5.56 Å². The first-order valence-electron chi connectivity index (χ1n) is 9.85. The van der Waals surface area contributed by atoms with Crippen LogP contribution in [0.2, 0.25) is 0 Å². The number of hydrogen-bond acceptors (Lipinski definition) is 2. The molecule has 29 heavy (non-hydrogen) atoms. The molecule has 2 aromatic rings. The van der Waals surface area contributed by atoms with Gasteiger partial charge in [0.1, 0.15) is 5.69 Å². The van der Waals surface area contributed by atoms with Gasteiger partial charge in [-0.3, -0.25) is 9.36 Å². The Morgan fingerprint density at radius 3 is 2.45 bits per heavy atom. The first-order chi connectivity index (χ1) is 14.3. The number of imidazole rings is 1. The summed E-state index contributed by atoms with van der Waals surface area (Å²) < 4.78 is 1.70. The standard InChI is InChI=1S/C25H21N3O/c29-25-22(16-19-11-7-8-12-19)27-24-21(15-18-9-3-1-4-10-18)26-23(17-28(24)25)20-13-5-2-6-14-20/h1-11,13-14,17,26H,12,15-16H2. The van der Waals surface area contributed by atoms with Crippen LogP contribution in [0.15, 0.2) is 95.5 Å². The zero-order valence-electron chi connectivity index (χ0n) is 16.0. The minimum absolute atomic E-state index is 0.0340. The number of nitrogens with one attached hydrogen (secondary N) is 1. The molecule has 1 N–H and O–H groups in total. The van der Waals surface area contributed by atoms with Gasteiger partial charge in [-0.15, -0.1) is 0 Å². The summed E-state index contributed by atoms with van der Waals surface area (Å²) in [6.07, 6.45) is 10.3. The first-order valence-corrected chi connectivity index (χ1v) is 9.85. The Labute approximate surface area is 169 Å². The van der Waals surface area contributed by atoms with Crippen molar-refractivity contribution in [3.8, 4) is 17.1 Å². The minimum Gasteiger partial charge on any atom is -0.354 e. The number of rotatable bonds is 5. The molecule has 0 aromatic heterocycles. The summed E-state index contributed by atoms with van der Waals surface area (Å²) >= 11 is 0. The number of aromatic amines is 1. The molecule has 1 aliphatic carbocycles. The fourth-order valence-corrected chi connectivity index (χ4v) is 3.82. The fourth-order valence-electron chi connectivity index (χ4n) is 3.82. The average Bonchev–Trinajstić information content (AvgIpc) is 3.38. The molecule has 2 aromatic carbocycles. The number of allylic oxidation sites excluding steroid dienone is 4. The second-order valence-corrected chi connectivity index (χ2v) is 7.37. The normalized spacial score (nSPS) is 13.2. The molecule has 0 bridgehead atoms. The van der Waals surface area contributed by atoms with Gasteiger partial charge in [-0.05, 0) is 17.5 Å². The molecule has 5 rings (SSSR count).